The molecule has 3 atom stereocenters. The van der Waals surface area contributed by atoms with Crippen molar-refractivity contribution < 1.29 is 37.0 Å². The van der Waals surface area contributed by atoms with E-state index >= 15 is 0 Å². The number of aliphatic hydroxyl groups is 1. The first-order chi connectivity index (χ1) is 11.5. The molecule has 1 aliphatic rings. The Hall–Kier alpha value is -2.36. The Morgan fingerprint density at radius 2 is 1.92 bits per heavy atom. The van der Waals surface area contributed by atoms with E-state index in [1.165, 1.54) is 6.92 Å². The number of nitrogens with one attached hydrogen (secondary N) is 1. The minimum Gasteiger partial charge on any atom is -0.466 e. The molecule has 0 bridgehead atoms. The minimum atomic E-state index is -5.34. The van der Waals surface area contributed by atoms with Gasteiger partial charge in [0.2, 0.25) is 0 Å². The lowest BCUT2D eigenvalue weighted by molar-refractivity contribution is -0.328. The number of hydrogen-bond donors (Lipinski definition) is 2. The van der Waals surface area contributed by atoms with E-state index in [1.54, 1.807) is 0 Å². The fourth-order valence-corrected chi connectivity index (χ4v) is 2.75. The van der Waals surface area contributed by atoms with E-state index in [2.05, 4.69) is 10.1 Å². The van der Waals surface area contributed by atoms with E-state index in [1.807, 2.05) is 0 Å². The smallest absolute Gasteiger partial charge is 0.437 e. The molecule has 1 heterocycles. The van der Waals surface area contributed by atoms with Crippen molar-refractivity contribution >= 4 is 12.0 Å². The molecule has 0 radical (unpaired) electrons. The molecule has 1 aromatic rings. The lowest BCUT2D eigenvalue weighted by Crippen LogP contribution is -2.73. The molecule has 0 aromatic heterocycles. The maximum absolute atomic E-state index is 13.6. The first-order valence-electron chi connectivity index (χ1n) is 7.29. The first-order valence-corrected chi connectivity index (χ1v) is 7.29. The van der Waals surface area contributed by atoms with Crippen LogP contribution in [0.15, 0.2) is 24.3 Å². The summed E-state index contributed by atoms with van der Waals surface area (Å²) in [4.78, 5) is 24.2. The fraction of sp³-hybridized carbons (Fsp3) is 0.467. The van der Waals surface area contributed by atoms with Gasteiger partial charge in [0, 0.05) is 7.05 Å². The van der Waals surface area contributed by atoms with Crippen LogP contribution in [0.1, 0.15) is 18.5 Å². The van der Waals surface area contributed by atoms with Gasteiger partial charge in [0.05, 0.1) is 12.6 Å². The molecule has 2 rings (SSSR count). The highest BCUT2D eigenvalue weighted by Crippen LogP contribution is 2.46. The molecule has 1 aliphatic heterocycles. The number of alkyl halides is 3. The third kappa shape index (κ3) is 3.13. The first kappa shape index (κ1) is 19.0. The summed E-state index contributed by atoms with van der Waals surface area (Å²) in [5, 5.41) is 12.6. The van der Waals surface area contributed by atoms with E-state index in [0.29, 0.717) is 0 Å². The van der Waals surface area contributed by atoms with Crippen LogP contribution in [0.2, 0.25) is 0 Å². The topological polar surface area (TPSA) is 78.9 Å². The number of hydrogen-bond acceptors (Lipinski definition) is 4. The largest absolute Gasteiger partial charge is 0.466 e. The number of esters is 1. The molecule has 0 spiro atoms. The number of carbonyl (C=O) groups is 2. The van der Waals surface area contributed by atoms with E-state index in [4.69, 9.17) is 0 Å². The Labute approximate surface area is 140 Å². The monoisotopic (exact) mass is 364 g/mol. The number of ether oxygens (including phenoxy) is 1. The predicted octanol–water partition coefficient (Wildman–Crippen LogP) is 1.95. The van der Waals surface area contributed by atoms with Crippen molar-refractivity contribution in [3.8, 4) is 0 Å². The number of rotatable bonds is 3. The van der Waals surface area contributed by atoms with Crippen molar-refractivity contribution in [3.05, 3.63) is 35.6 Å². The fourth-order valence-electron chi connectivity index (χ4n) is 2.75. The molecule has 0 unspecified atom stereocenters. The van der Waals surface area contributed by atoms with Gasteiger partial charge in [-0.25, -0.2) is 9.18 Å². The van der Waals surface area contributed by atoms with Crippen LogP contribution in [0.25, 0.3) is 0 Å². The van der Waals surface area contributed by atoms with E-state index in [-0.39, 0.29) is 17.1 Å². The molecule has 2 amide bonds. The van der Waals surface area contributed by atoms with E-state index in [0.717, 1.165) is 31.3 Å². The van der Waals surface area contributed by atoms with Gasteiger partial charge in [0.15, 0.2) is 0 Å². The third-order valence-electron chi connectivity index (χ3n) is 4.05. The van der Waals surface area contributed by atoms with Gasteiger partial charge in [0.25, 0.3) is 5.72 Å². The lowest BCUT2D eigenvalue weighted by atomic mass is 9.81. The van der Waals surface area contributed by atoms with Gasteiger partial charge < -0.3 is 15.2 Å². The highest BCUT2D eigenvalue weighted by atomic mass is 19.4. The van der Waals surface area contributed by atoms with Crippen molar-refractivity contribution in [1.29, 1.82) is 0 Å². The highest BCUT2D eigenvalue weighted by Gasteiger charge is 2.69. The zero-order valence-electron chi connectivity index (χ0n) is 13.3. The summed E-state index contributed by atoms with van der Waals surface area (Å²) in [5.74, 6) is -4.20. The van der Waals surface area contributed by atoms with Crippen LogP contribution in [-0.4, -0.2) is 47.6 Å². The van der Waals surface area contributed by atoms with E-state index < -0.39 is 41.7 Å². The Bertz CT molecular complexity index is 664. The van der Waals surface area contributed by atoms with Crippen molar-refractivity contribution in [2.24, 2.45) is 5.92 Å². The number of amides is 2. The predicted molar refractivity (Wildman–Crippen MR) is 76.6 cm³/mol. The summed E-state index contributed by atoms with van der Waals surface area (Å²) in [6, 6.07) is 1.37. The minimum absolute atomic E-state index is 0.00854. The molecule has 25 heavy (non-hydrogen) atoms. The normalized spacial score (nSPS) is 27.0. The molecule has 6 nitrogen and oxygen atoms in total. The molecule has 0 saturated carbocycles. The molecule has 1 saturated heterocycles. The van der Waals surface area contributed by atoms with Gasteiger partial charge in [-0.3, -0.25) is 9.69 Å². The second kappa shape index (κ2) is 6.51. The van der Waals surface area contributed by atoms with Crippen LogP contribution in [-0.2, 0) is 9.53 Å². The second-order valence-corrected chi connectivity index (χ2v) is 5.49. The average Bonchev–Trinajstić information content (AvgIpc) is 2.52. The Morgan fingerprint density at radius 3 is 2.40 bits per heavy atom. The van der Waals surface area contributed by atoms with E-state index in [9.17, 15) is 32.3 Å². The molecular weight excluding hydrogens is 348 g/mol. The second-order valence-electron chi connectivity index (χ2n) is 5.49. The standard InChI is InChI=1S/C15H16F4N2O4/c1-3-25-12(22)10-11(8-4-6-9(16)7-5-8)20-13(23)21(2)14(10,24)15(17,18)19/h4-7,10-11,24H,3H2,1-2H3,(H,20,23)/t10-,11+,14+/m0/s1. The number of carbonyl (C=O) groups excluding carboxylic acids is 2. The summed E-state index contributed by atoms with van der Waals surface area (Å²) < 4.78 is 58.6. The average molecular weight is 364 g/mol. The molecule has 10 heteroatoms. The van der Waals surface area contributed by atoms with Crippen molar-refractivity contribution in [2.75, 3.05) is 13.7 Å². The van der Waals surface area contributed by atoms with Gasteiger partial charge in [-0.1, -0.05) is 12.1 Å². The van der Waals surface area contributed by atoms with Gasteiger partial charge in [0.1, 0.15) is 11.7 Å². The number of urea groups is 1. The quantitative estimate of drug-likeness (QED) is 0.635. The van der Waals surface area contributed by atoms with Crippen molar-refractivity contribution in [2.45, 2.75) is 24.9 Å². The lowest BCUT2D eigenvalue weighted by Gasteiger charge is -2.49. The highest BCUT2D eigenvalue weighted by molar-refractivity contribution is 5.83. The molecule has 2 N–H and O–H groups in total. The Balaban J connectivity index is 2.62. The van der Waals surface area contributed by atoms with Gasteiger partial charge in [-0.05, 0) is 24.6 Å². The van der Waals surface area contributed by atoms with Crippen LogP contribution >= 0.6 is 0 Å². The number of halogens is 4. The number of benzene rings is 1. The summed E-state index contributed by atoms with van der Waals surface area (Å²) in [5.41, 5.74) is -3.77. The maximum atomic E-state index is 13.6. The molecule has 138 valence electrons. The summed E-state index contributed by atoms with van der Waals surface area (Å²) in [6.07, 6.45) is -5.34. The summed E-state index contributed by atoms with van der Waals surface area (Å²) >= 11 is 0. The van der Waals surface area contributed by atoms with Gasteiger partial charge >= 0.3 is 18.2 Å². The Kier molecular flexibility index (Phi) is 4.94. The van der Waals surface area contributed by atoms with Crippen LogP contribution < -0.4 is 5.32 Å². The van der Waals surface area contributed by atoms with Crippen LogP contribution in [0, 0.1) is 11.7 Å². The van der Waals surface area contributed by atoms with Crippen molar-refractivity contribution in [1.82, 2.24) is 10.2 Å². The molecule has 0 aliphatic carbocycles. The van der Waals surface area contributed by atoms with Gasteiger partial charge in [-0.15, -0.1) is 0 Å². The SMILES string of the molecule is CCOC(=O)[C@@H]1[C@@H](c2ccc(F)cc2)NC(=O)N(C)[C@]1(O)C(F)(F)F. The van der Waals surface area contributed by atoms with Crippen LogP contribution in [0.5, 0.6) is 0 Å². The zero-order valence-corrected chi connectivity index (χ0v) is 13.3. The molecular formula is C15H16F4N2O4. The Morgan fingerprint density at radius 1 is 1.36 bits per heavy atom. The number of nitrogens with zero attached hydrogens (tertiary/aromatic N) is 1. The summed E-state index contributed by atoms with van der Waals surface area (Å²) in [6.45, 7) is 1.17. The van der Waals surface area contributed by atoms with Crippen LogP contribution in [0.3, 0.4) is 0 Å². The maximum Gasteiger partial charge on any atom is 0.437 e. The zero-order chi connectivity index (χ0) is 19.0. The third-order valence-corrected chi connectivity index (χ3v) is 4.05. The van der Waals surface area contributed by atoms with Crippen molar-refractivity contribution in [3.63, 3.8) is 0 Å². The summed E-state index contributed by atoms with van der Waals surface area (Å²) in [7, 11) is 0.718. The molecule has 1 fully saturated rings. The molecule has 1 aromatic carbocycles. The van der Waals surface area contributed by atoms with Gasteiger partial charge in [-0.2, -0.15) is 13.2 Å². The van der Waals surface area contributed by atoms with Crippen LogP contribution in [0.4, 0.5) is 22.4 Å².